The number of hydrogen-bond acceptors (Lipinski definition) is 4. The van der Waals surface area contributed by atoms with Crippen molar-refractivity contribution in [2.75, 3.05) is 4.90 Å². The number of aromatic hydroxyl groups is 1. The van der Waals surface area contributed by atoms with E-state index in [1.165, 1.54) is 0 Å². The molecular formula is C24H26ClNO3S. The van der Waals surface area contributed by atoms with Crippen molar-refractivity contribution in [3.8, 4) is 5.75 Å². The lowest BCUT2D eigenvalue weighted by Crippen LogP contribution is -2.27. The quantitative estimate of drug-likeness (QED) is 0.514. The molecular weight excluding hydrogens is 418 g/mol. The molecule has 30 heavy (non-hydrogen) atoms. The van der Waals surface area contributed by atoms with Gasteiger partial charge < -0.3 is 5.11 Å². The van der Waals surface area contributed by atoms with Crippen LogP contribution in [0.5, 0.6) is 5.75 Å². The summed E-state index contributed by atoms with van der Waals surface area (Å²) in [6.45, 7) is 12.2. The SMILES string of the molecule is CC(C)(C)c1cc(/C=C2/SC(=O)N(c3ccc(Cl)cc3)C2=O)cc(C(C)(C)C)c1O. The van der Waals surface area contributed by atoms with Crippen molar-refractivity contribution in [2.24, 2.45) is 0 Å². The number of hydrogen-bond donors (Lipinski definition) is 1. The molecule has 0 atom stereocenters. The molecule has 1 aliphatic rings. The molecule has 1 N–H and O–H groups in total. The van der Waals surface area contributed by atoms with E-state index in [9.17, 15) is 14.7 Å². The summed E-state index contributed by atoms with van der Waals surface area (Å²) in [6.07, 6.45) is 1.73. The van der Waals surface area contributed by atoms with Crippen molar-refractivity contribution in [1.29, 1.82) is 0 Å². The van der Waals surface area contributed by atoms with E-state index < -0.39 is 0 Å². The molecule has 0 saturated carbocycles. The van der Waals surface area contributed by atoms with Gasteiger partial charge in [0.2, 0.25) is 0 Å². The Morgan fingerprint density at radius 3 is 1.90 bits per heavy atom. The van der Waals surface area contributed by atoms with Gasteiger partial charge in [-0.25, -0.2) is 4.90 Å². The highest BCUT2D eigenvalue weighted by Crippen LogP contribution is 2.41. The molecule has 0 aromatic heterocycles. The molecule has 2 aromatic rings. The molecule has 1 aliphatic heterocycles. The summed E-state index contributed by atoms with van der Waals surface area (Å²) in [5.41, 5.74) is 2.31. The van der Waals surface area contributed by atoms with Gasteiger partial charge >= 0.3 is 0 Å². The van der Waals surface area contributed by atoms with E-state index >= 15 is 0 Å². The van der Waals surface area contributed by atoms with Gasteiger partial charge in [-0.1, -0.05) is 53.1 Å². The van der Waals surface area contributed by atoms with E-state index in [4.69, 9.17) is 11.6 Å². The van der Waals surface area contributed by atoms with Crippen molar-refractivity contribution < 1.29 is 14.7 Å². The Morgan fingerprint density at radius 1 is 0.933 bits per heavy atom. The Bertz CT molecular complexity index is 1010. The highest BCUT2D eigenvalue weighted by Gasteiger charge is 2.36. The summed E-state index contributed by atoms with van der Waals surface area (Å²) < 4.78 is 0. The molecule has 0 aliphatic carbocycles. The molecule has 2 aromatic carbocycles. The zero-order chi connectivity index (χ0) is 22.4. The number of imide groups is 1. The third-order valence-corrected chi connectivity index (χ3v) is 6.05. The highest BCUT2D eigenvalue weighted by atomic mass is 35.5. The van der Waals surface area contributed by atoms with Crippen molar-refractivity contribution in [2.45, 2.75) is 52.4 Å². The van der Waals surface area contributed by atoms with Crippen LogP contribution in [0.3, 0.4) is 0 Å². The highest BCUT2D eigenvalue weighted by molar-refractivity contribution is 8.19. The van der Waals surface area contributed by atoms with E-state index in [2.05, 4.69) is 0 Å². The average molecular weight is 444 g/mol. The first-order valence-electron chi connectivity index (χ1n) is 9.70. The largest absolute Gasteiger partial charge is 0.507 e. The maximum Gasteiger partial charge on any atom is 0.298 e. The topological polar surface area (TPSA) is 57.6 Å². The number of rotatable bonds is 2. The molecule has 0 bridgehead atoms. The van der Waals surface area contributed by atoms with Crippen molar-refractivity contribution in [3.05, 3.63) is 63.0 Å². The fraction of sp³-hybridized carbons (Fsp3) is 0.333. The Labute approximate surface area is 186 Å². The van der Waals surface area contributed by atoms with Crippen molar-refractivity contribution in [3.63, 3.8) is 0 Å². The van der Waals surface area contributed by atoms with Crippen LogP contribution >= 0.6 is 23.4 Å². The minimum absolute atomic E-state index is 0.279. The van der Waals surface area contributed by atoms with Crippen LogP contribution in [0.2, 0.25) is 5.02 Å². The zero-order valence-corrected chi connectivity index (χ0v) is 19.6. The lowest BCUT2D eigenvalue weighted by Gasteiger charge is -2.28. The summed E-state index contributed by atoms with van der Waals surface area (Å²) in [6, 6.07) is 10.4. The fourth-order valence-electron chi connectivity index (χ4n) is 3.32. The van der Waals surface area contributed by atoms with Gasteiger partial charge in [-0.05, 0) is 70.6 Å². The number of carbonyl (C=O) groups excluding carboxylic acids is 2. The molecule has 2 amide bonds. The molecule has 0 spiro atoms. The normalized spacial score (nSPS) is 16.6. The van der Waals surface area contributed by atoms with Crippen LogP contribution in [-0.4, -0.2) is 16.3 Å². The lowest BCUT2D eigenvalue weighted by atomic mass is 9.78. The number of halogens is 1. The standard InChI is InChI=1S/C24H26ClNO3S/c1-23(2,3)17-11-14(12-18(20(17)27)24(4,5)6)13-19-21(28)26(22(29)30-19)16-9-7-15(25)8-10-16/h7-13,27H,1-6H3/b19-13+. The van der Waals surface area contributed by atoms with E-state index in [1.54, 1.807) is 30.3 Å². The summed E-state index contributed by atoms with van der Waals surface area (Å²) in [7, 11) is 0. The van der Waals surface area contributed by atoms with Crippen LogP contribution in [0, 0.1) is 0 Å². The first-order valence-corrected chi connectivity index (χ1v) is 10.9. The summed E-state index contributed by atoms with van der Waals surface area (Å²) in [5.74, 6) is -0.0866. The molecule has 1 fully saturated rings. The number of thioether (sulfide) groups is 1. The van der Waals surface area contributed by atoms with Crippen LogP contribution in [0.1, 0.15) is 58.2 Å². The predicted octanol–water partition coefficient (Wildman–Crippen LogP) is 6.88. The second kappa shape index (κ2) is 7.78. The number of phenolic OH excluding ortho intramolecular Hbond substituents is 1. The number of amides is 2. The minimum atomic E-state index is -0.366. The third-order valence-electron chi connectivity index (χ3n) is 4.92. The zero-order valence-electron chi connectivity index (χ0n) is 18.0. The number of anilines is 1. The second-order valence-electron chi connectivity index (χ2n) is 9.46. The van der Waals surface area contributed by atoms with Gasteiger partial charge in [-0.2, -0.15) is 0 Å². The van der Waals surface area contributed by atoms with Crippen molar-refractivity contribution >= 4 is 46.3 Å². The second-order valence-corrected chi connectivity index (χ2v) is 10.9. The fourth-order valence-corrected chi connectivity index (χ4v) is 4.28. The van der Waals surface area contributed by atoms with Crippen molar-refractivity contribution in [1.82, 2.24) is 0 Å². The maximum absolute atomic E-state index is 13.0. The lowest BCUT2D eigenvalue weighted by molar-refractivity contribution is -0.113. The van der Waals surface area contributed by atoms with Gasteiger partial charge in [-0.15, -0.1) is 0 Å². The van der Waals surface area contributed by atoms with Crippen LogP contribution in [-0.2, 0) is 15.6 Å². The van der Waals surface area contributed by atoms with E-state index in [1.807, 2.05) is 53.7 Å². The van der Waals surface area contributed by atoms with Crippen LogP contribution in [0.15, 0.2) is 41.3 Å². The smallest absolute Gasteiger partial charge is 0.298 e. The molecule has 6 heteroatoms. The molecule has 1 heterocycles. The molecule has 158 valence electrons. The monoisotopic (exact) mass is 443 g/mol. The van der Waals surface area contributed by atoms with Gasteiger partial charge in [0.15, 0.2) is 0 Å². The first-order chi connectivity index (χ1) is 13.8. The summed E-state index contributed by atoms with van der Waals surface area (Å²) in [5, 5.41) is 11.1. The molecule has 0 radical (unpaired) electrons. The van der Waals surface area contributed by atoms with Gasteiger partial charge in [0.05, 0.1) is 10.6 Å². The number of nitrogens with zero attached hydrogens (tertiary/aromatic N) is 1. The van der Waals surface area contributed by atoms with Crippen LogP contribution in [0.4, 0.5) is 10.5 Å². The number of phenols is 1. The Hall–Kier alpha value is -2.24. The number of carbonyl (C=O) groups is 2. The van der Waals surface area contributed by atoms with Gasteiger partial charge in [0.25, 0.3) is 11.1 Å². The summed E-state index contributed by atoms with van der Waals surface area (Å²) in [4.78, 5) is 27.0. The van der Waals surface area contributed by atoms with E-state index in [0.717, 1.165) is 33.4 Å². The van der Waals surface area contributed by atoms with Gasteiger partial charge in [0, 0.05) is 16.1 Å². The molecule has 0 unspecified atom stereocenters. The molecule has 4 nitrogen and oxygen atoms in total. The Kier molecular flexibility index (Phi) is 5.82. The van der Waals surface area contributed by atoms with Crippen LogP contribution in [0.25, 0.3) is 6.08 Å². The summed E-state index contributed by atoms with van der Waals surface area (Å²) >= 11 is 6.83. The Balaban J connectivity index is 2.07. The van der Waals surface area contributed by atoms with Crippen LogP contribution < -0.4 is 4.90 Å². The van der Waals surface area contributed by atoms with Gasteiger partial charge in [-0.3, -0.25) is 9.59 Å². The minimum Gasteiger partial charge on any atom is -0.507 e. The Morgan fingerprint density at radius 2 is 1.43 bits per heavy atom. The average Bonchev–Trinajstić information content (AvgIpc) is 2.89. The third kappa shape index (κ3) is 4.42. The maximum atomic E-state index is 13.0. The molecule has 1 saturated heterocycles. The predicted molar refractivity (Wildman–Crippen MR) is 125 cm³/mol. The first kappa shape index (κ1) is 22.4. The van der Waals surface area contributed by atoms with Gasteiger partial charge in [0.1, 0.15) is 5.75 Å². The number of benzene rings is 2. The van der Waals surface area contributed by atoms with E-state index in [0.29, 0.717) is 15.6 Å². The van der Waals surface area contributed by atoms with E-state index in [-0.39, 0.29) is 27.7 Å². The molecule has 3 rings (SSSR count).